The highest BCUT2D eigenvalue weighted by Crippen LogP contribution is 2.24. The van der Waals surface area contributed by atoms with E-state index in [9.17, 15) is 53.4 Å². The third kappa shape index (κ3) is 24.2. The van der Waals surface area contributed by atoms with E-state index in [1.165, 1.54) is 99.5 Å². The number of likely N-dealkylation sites (tertiary alicyclic amines) is 1. The molecule has 98 heavy (non-hydrogen) atoms. The number of benzene rings is 2. The topological polar surface area (TPSA) is 319 Å². The van der Waals surface area contributed by atoms with Crippen LogP contribution in [0.15, 0.2) is 60.7 Å². The highest BCUT2D eigenvalue weighted by molar-refractivity contribution is 5.99. The lowest BCUT2D eigenvalue weighted by atomic mass is 9.95. The number of likely N-dealkylation sites (N-methyl/N-ethyl adjacent to an activating group) is 7. The van der Waals surface area contributed by atoms with Gasteiger partial charge < -0.3 is 70.7 Å². The van der Waals surface area contributed by atoms with Crippen LogP contribution in [0, 0.1) is 23.7 Å². The Balaban J connectivity index is 1.99. The average Bonchev–Trinajstić information content (AvgIpc) is 0.815. The van der Waals surface area contributed by atoms with Crippen molar-refractivity contribution in [1.82, 2.24) is 60.5 Å². The van der Waals surface area contributed by atoms with Crippen molar-refractivity contribution in [3.8, 4) is 0 Å². The fraction of sp³-hybridized carbons (Fsp3) is 0.667. The molecule has 1 saturated heterocycles. The third-order valence-corrected chi connectivity index (χ3v) is 18.8. The number of rotatable bonds is 38. The van der Waals surface area contributed by atoms with Crippen molar-refractivity contribution < 1.29 is 67.7 Å². The van der Waals surface area contributed by atoms with Crippen LogP contribution in [0.4, 0.5) is 0 Å². The molecular formula is C72H116N12O14. The Kier molecular flexibility index (Phi) is 34.5. The quantitative estimate of drug-likeness (QED) is 0.0561. The van der Waals surface area contributed by atoms with Crippen LogP contribution in [0.3, 0.4) is 0 Å². The number of carboxylic acids is 1. The minimum absolute atomic E-state index is 0.0388. The average molecular weight is 1370 g/mol. The van der Waals surface area contributed by atoms with Crippen molar-refractivity contribution in [2.75, 3.05) is 76.0 Å². The van der Waals surface area contributed by atoms with E-state index in [4.69, 9.17) is 0 Å². The van der Waals surface area contributed by atoms with E-state index in [0.29, 0.717) is 37.2 Å². The highest BCUT2D eigenvalue weighted by Gasteiger charge is 2.44. The predicted octanol–water partition coefficient (Wildman–Crippen LogP) is 3.42. The second-order valence-electron chi connectivity index (χ2n) is 27.9. The molecule has 12 atom stereocenters. The van der Waals surface area contributed by atoms with E-state index in [0.717, 1.165) is 29.1 Å². The number of aliphatic carboxylic acids is 1. The second kappa shape index (κ2) is 40.2. The zero-order chi connectivity index (χ0) is 74.2. The molecule has 26 heteroatoms. The Hall–Kier alpha value is -8.00. The number of hydrogen-bond acceptors (Lipinski definition) is 14. The van der Waals surface area contributed by atoms with Crippen LogP contribution in [0.5, 0.6) is 0 Å². The first kappa shape index (κ1) is 84.2. The predicted molar refractivity (Wildman–Crippen MR) is 374 cm³/mol. The van der Waals surface area contributed by atoms with Gasteiger partial charge in [-0.1, -0.05) is 122 Å². The molecule has 548 valence electrons. The first-order valence-electron chi connectivity index (χ1n) is 34.6. The Bertz CT molecular complexity index is 2980. The summed E-state index contributed by atoms with van der Waals surface area (Å²) >= 11 is 0. The summed E-state index contributed by atoms with van der Waals surface area (Å²) in [5.41, 5.74) is 1.27. The molecule has 2 aromatic rings. The van der Waals surface area contributed by atoms with Crippen LogP contribution in [0.1, 0.15) is 145 Å². The standard InChI is InChI=1S/C72H116N12O14/c1-20-47(8)61(75-59(86)34-35-73-12)71(97)82(18)56(39-45(4)5)68(94)77(13)48(9)65(91)79(15)54(38-44(2)3)64(90)76-62(50(11)85)72(98)83(19)58(42-52-32-26-22-27-33-52)69(95)78(14)49(10)66(92)81(17)57(40-46(6)7)70(96)80(16)55(41-51-30-24-21-25-31-51)63(89)74-53(43-60(87)88)67(93)84-36-28-23-29-37-84/h21-22,24-27,30-33,44-50,53-58,61-62,73,85H,20,23,28-29,34-43H2,1-19H3,(H,74,89)(H,75,86)(H,76,90)(H,87,88)/t47-,48-,49-,50+,53-,54-,55-,56-,57-,58-,61-,62-/m0/s1. The molecule has 0 radical (unpaired) electrons. The first-order chi connectivity index (χ1) is 45.9. The minimum atomic E-state index is -1.70. The molecule has 0 saturated carbocycles. The summed E-state index contributed by atoms with van der Waals surface area (Å²) in [7, 11) is 11.6. The van der Waals surface area contributed by atoms with Crippen LogP contribution in [-0.2, 0) is 70.4 Å². The van der Waals surface area contributed by atoms with Crippen molar-refractivity contribution in [2.45, 2.75) is 213 Å². The van der Waals surface area contributed by atoms with E-state index in [-0.39, 0.29) is 68.1 Å². The summed E-state index contributed by atoms with van der Waals surface area (Å²) in [5, 5.41) is 32.4. The van der Waals surface area contributed by atoms with Crippen molar-refractivity contribution in [3.63, 3.8) is 0 Å². The van der Waals surface area contributed by atoms with Crippen LogP contribution < -0.4 is 21.3 Å². The lowest BCUT2D eigenvalue weighted by Crippen LogP contribution is -2.62. The number of piperidine rings is 1. The number of nitrogens with one attached hydrogen (secondary N) is 4. The van der Waals surface area contributed by atoms with Gasteiger partial charge in [-0.15, -0.1) is 0 Å². The van der Waals surface area contributed by atoms with Gasteiger partial charge in [0.15, 0.2) is 0 Å². The summed E-state index contributed by atoms with van der Waals surface area (Å²) in [6, 6.07) is 4.84. The Labute approximate surface area is 581 Å². The second-order valence-corrected chi connectivity index (χ2v) is 27.9. The number of carbonyl (C=O) groups excluding carboxylic acids is 11. The molecule has 0 bridgehead atoms. The van der Waals surface area contributed by atoms with Crippen molar-refractivity contribution >= 4 is 70.9 Å². The normalized spacial score (nSPS) is 16.1. The zero-order valence-electron chi connectivity index (χ0n) is 61.7. The molecule has 1 aliphatic heterocycles. The van der Waals surface area contributed by atoms with Gasteiger partial charge in [0.2, 0.25) is 65.0 Å². The van der Waals surface area contributed by atoms with Crippen molar-refractivity contribution in [1.29, 1.82) is 0 Å². The number of amides is 11. The molecule has 2 aromatic carbocycles. The van der Waals surface area contributed by atoms with Gasteiger partial charge in [0.1, 0.15) is 60.4 Å². The Morgan fingerprint density at radius 3 is 1.30 bits per heavy atom. The van der Waals surface area contributed by atoms with Gasteiger partial charge in [-0.25, -0.2) is 0 Å². The van der Waals surface area contributed by atoms with E-state index in [1.807, 2.05) is 55.4 Å². The maximum atomic E-state index is 15.2. The van der Waals surface area contributed by atoms with Crippen molar-refractivity contribution in [2.24, 2.45) is 23.7 Å². The summed E-state index contributed by atoms with van der Waals surface area (Å²) in [6.07, 6.45) is 1.04. The minimum Gasteiger partial charge on any atom is -0.481 e. The number of aliphatic hydroxyl groups excluding tert-OH is 1. The van der Waals surface area contributed by atoms with Gasteiger partial charge in [-0.3, -0.25) is 57.5 Å². The molecule has 0 spiro atoms. The first-order valence-corrected chi connectivity index (χ1v) is 34.6. The molecule has 6 N–H and O–H groups in total. The van der Waals surface area contributed by atoms with Crippen LogP contribution in [0.25, 0.3) is 0 Å². The molecule has 26 nitrogen and oxygen atoms in total. The lowest BCUT2D eigenvalue weighted by molar-refractivity contribution is -0.155. The van der Waals surface area contributed by atoms with Gasteiger partial charge in [-0.05, 0) is 101 Å². The number of carboxylic acid groups (broad SMARTS) is 1. The van der Waals surface area contributed by atoms with Crippen LogP contribution >= 0.6 is 0 Å². The smallest absolute Gasteiger partial charge is 0.305 e. The summed E-state index contributed by atoms with van der Waals surface area (Å²) in [5.74, 6) is -9.16. The number of aliphatic hydroxyl groups is 1. The van der Waals surface area contributed by atoms with Gasteiger partial charge >= 0.3 is 5.97 Å². The molecule has 3 rings (SSSR count). The summed E-state index contributed by atoms with van der Waals surface area (Å²) < 4.78 is 0. The maximum Gasteiger partial charge on any atom is 0.305 e. The monoisotopic (exact) mass is 1370 g/mol. The van der Waals surface area contributed by atoms with Gasteiger partial charge in [0.25, 0.3) is 0 Å². The van der Waals surface area contributed by atoms with Crippen LogP contribution in [-0.4, -0.2) is 263 Å². The van der Waals surface area contributed by atoms with E-state index < -0.39 is 138 Å². The van der Waals surface area contributed by atoms with Gasteiger partial charge in [0.05, 0.1) is 12.5 Å². The number of nitrogens with zero attached hydrogens (tertiary/aromatic N) is 8. The molecule has 11 amide bonds. The fourth-order valence-electron chi connectivity index (χ4n) is 12.1. The number of carbonyl (C=O) groups is 12. The summed E-state index contributed by atoms with van der Waals surface area (Å²) in [6.45, 7) is 20.4. The Morgan fingerprint density at radius 1 is 0.469 bits per heavy atom. The largest absolute Gasteiger partial charge is 0.481 e. The highest BCUT2D eigenvalue weighted by atomic mass is 16.4. The molecule has 1 fully saturated rings. The van der Waals surface area contributed by atoms with Crippen LogP contribution in [0.2, 0.25) is 0 Å². The molecule has 1 aliphatic rings. The third-order valence-electron chi connectivity index (χ3n) is 18.8. The zero-order valence-corrected chi connectivity index (χ0v) is 61.7. The molecule has 0 unspecified atom stereocenters. The van der Waals surface area contributed by atoms with E-state index in [1.54, 1.807) is 67.7 Å². The van der Waals surface area contributed by atoms with E-state index in [2.05, 4.69) is 21.3 Å². The molecular weight excluding hydrogens is 1260 g/mol. The van der Waals surface area contributed by atoms with E-state index >= 15 is 14.4 Å². The molecule has 0 aliphatic carbocycles. The SMILES string of the molecule is CC[C@H](C)[C@H](NC(=O)CCNC)C(=O)N(C)[C@@H](CC(C)C)C(=O)N(C)[C@@H](C)C(=O)N(C)[C@@H](CC(C)C)C(=O)N[C@H](C(=O)N(C)[C@@H](Cc1ccccc1)C(=O)N(C)[C@@H](C)C(=O)N(C)[C@@H](CC(C)C)C(=O)N(C)[C@@H](Cc1ccccc1)C(=O)N[C@@H](CC(=O)O)C(=O)N1CCCCC1)[C@@H](C)O. The summed E-state index contributed by atoms with van der Waals surface area (Å²) in [4.78, 5) is 182. The maximum absolute atomic E-state index is 15.2. The molecule has 0 aromatic heterocycles. The Morgan fingerprint density at radius 2 is 0.857 bits per heavy atom. The lowest BCUT2D eigenvalue weighted by Gasteiger charge is -2.39. The van der Waals surface area contributed by atoms with Crippen molar-refractivity contribution in [3.05, 3.63) is 71.8 Å². The molecule has 1 heterocycles. The van der Waals surface area contributed by atoms with Gasteiger partial charge in [0, 0.05) is 88.2 Å². The van der Waals surface area contributed by atoms with Gasteiger partial charge in [-0.2, -0.15) is 0 Å². The fourth-order valence-corrected chi connectivity index (χ4v) is 12.1. The number of hydrogen-bond donors (Lipinski definition) is 6.